The summed E-state index contributed by atoms with van der Waals surface area (Å²) in [6.45, 7) is 2.04. The van der Waals surface area contributed by atoms with E-state index in [1.165, 1.54) is 12.0 Å². The van der Waals surface area contributed by atoms with Gasteiger partial charge in [-0.2, -0.15) is 0 Å². The maximum absolute atomic E-state index is 12.8. The summed E-state index contributed by atoms with van der Waals surface area (Å²) in [6.07, 6.45) is 1.61. The predicted octanol–water partition coefficient (Wildman–Crippen LogP) is 4.34. The highest BCUT2D eigenvalue weighted by Crippen LogP contribution is 2.30. The van der Waals surface area contributed by atoms with Crippen LogP contribution >= 0.6 is 11.6 Å². The first-order valence-electron chi connectivity index (χ1n) is 9.89. The normalized spacial score (nSPS) is 10.4. The van der Waals surface area contributed by atoms with Gasteiger partial charge in [0.1, 0.15) is 12.4 Å². The van der Waals surface area contributed by atoms with Crippen molar-refractivity contribution in [2.24, 2.45) is 0 Å². The second-order valence-corrected chi connectivity index (χ2v) is 7.58. The minimum absolute atomic E-state index is 0.123. The summed E-state index contributed by atoms with van der Waals surface area (Å²) in [6, 6.07) is 15.9. The van der Waals surface area contributed by atoms with Crippen LogP contribution in [0, 0.1) is 6.92 Å². The molecule has 0 aliphatic heterocycles. The van der Waals surface area contributed by atoms with Gasteiger partial charge in [0.05, 0.1) is 13.7 Å². The van der Waals surface area contributed by atoms with Crippen LogP contribution in [0.15, 0.2) is 60.8 Å². The quantitative estimate of drug-likeness (QED) is 0.548. The Kier molecular flexibility index (Phi) is 7.68. The molecule has 3 rings (SSSR count). The van der Waals surface area contributed by atoms with E-state index in [0.717, 1.165) is 11.1 Å². The van der Waals surface area contributed by atoms with Crippen LogP contribution in [-0.2, 0) is 11.4 Å². The largest absolute Gasteiger partial charge is 0.493 e. The number of aryl methyl sites for hydroxylation is 1. The molecule has 166 valence electrons. The summed E-state index contributed by atoms with van der Waals surface area (Å²) in [7, 11) is 3.05. The van der Waals surface area contributed by atoms with Gasteiger partial charge in [-0.05, 0) is 48.9 Å². The highest BCUT2D eigenvalue weighted by Gasteiger charge is 2.18. The van der Waals surface area contributed by atoms with Gasteiger partial charge in [0.25, 0.3) is 5.91 Å². The number of carbonyl (C=O) groups is 2. The Bertz CT molecular complexity index is 1120. The number of ether oxygens (including phenoxy) is 2. The SMILES string of the molecule is COc1cc(C(=O)N(C)CC(=O)Nc2cc(C)ccn2)ccc1OCc1ccccc1Cl. The van der Waals surface area contributed by atoms with Gasteiger partial charge in [-0.1, -0.05) is 29.8 Å². The van der Waals surface area contributed by atoms with Gasteiger partial charge in [-0.25, -0.2) is 4.98 Å². The van der Waals surface area contributed by atoms with Gasteiger partial charge in [0, 0.05) is 29.4 Å². The van der Waals surface area contributed by atoms with Gasteiger partial charge >= 0.3 is 0 Å². The van der Waals surface area contributed by atoms with Crippen LogP contribution in [0.25, 0.3) is 0 Å². The highest BCUT2D eigenvalue weighted by molar-refractivity contribution is 6.31. The maximum Gasteiger partial charge on any atom is 0.254 e. The van der Waals surface area contributed by atoms with Crippen molar-refractivity contribution in [3.8, 4) is 11.5 Å². The average Bonchev–Trinajstić information content (AvgIpc) is 2.77. The first-order chi connectivity index (χ1) is 15.4. The molecule has 7 nitrogen and oxygen atoms in total. The molecule has 0 aliphatic carbocycles. The molecule has 8 heteroatoms. The van der Waals surface area contributed by atoms with Crippen molar-refractivity contribution in [1.29, 1.82) is 0 Å². The molecule has 0 saturated heterocycles. The van der Waals surface area contributed by atoms with E-state index in [0.29, 0.717) is 27.9 Å². The number of pyridine rings is 1. The van der Waals surface area contributed by atoms with Gasteiger partial charge in [0.15, 0.2) is 11.5 Å². The van der Waals surface area contributed by atoms with E-state index in [-0.39, 0.29) is 25.0 Å². The summed E-state index contributed by atoms with van der Waals surface area (Å²) < 4.78 is 11.2. The predicted molar refractivity (Wildman–Crippen MR) is 123 cm³/mol. The molecular formula is C24H24ClN3O4. The van der Waals surface area contributed by atoms with Crippen molar-refractivity contribution in [3.63, 3.8) is 0 Å². The van der Waals surface area contributed by atoms with Crippen molar-refractivity contribution in [1.82, 2.24) is 9.88 Å². The maximum atomic E-state index is 12.8. The summed E-state index contributed by atoms with van der Waals surface area (Å²) in [5.74, 6) is 0.663. The molecular weight excluding hydrogens is 430 g/mol. The molecule has 0 atom stereocenters. The van der Waals surface area contributed by atoms with Gasteiger partial charge in [-0.15, -0.1) is 0 Å². The fourth-order valence-electron chi connectivity index (χ4n) is 2.99. The summed E-state index contributed by atoms with van der Waals surface area (Å²) in [5.41, 5.74) is 2.19. The second kappa shape index (κ2) is 10.6. The number of halogens is 1. The topological polar surface area (TPSA) is 80.8 Å². The molecule has 3 aromatic rings. The zero-order valence-electron chi connectivity index (χ0n) is 18.1. The standard InChI is InChI=1S/C24H24ClN3O4/c1-16-10-11-26-22(12-16)27-23(29)14-28(2)24(30)17-8-9-20(21(13-17)31-3)32-15-18-6-4-5-7-19(18)25/h4-13H,14-15H2,1-3H3,(H,26,27,29). The zero-order valence-corrected chi connectivity index (χ0v) is 18.8. The molecule has 0 radical (unpaired) electrons. The lowest BCUT2D eigenvalue weighted by molar-refractivity contribution is -0.116. The Morgan fingerprint density at radius 2 is 1.88 bits per heavy atom. The molecule has 0 saturated carbocycles. The molecule has 0 bridgehead atoms. The van der Waals surface area contributed by atoms with E-state index in [1.807, 2.05) is 31.2 Å². The van der Waals surface area contributed by atoms with Crippen LogP contribution < -0.4 is 14.8 Å². The highest BCUT2D eigenvalue weighted by atomic mass is 35.5. The third-order valence-electron chi connectivity index (χ3n) is 4.66. The Hall–Kier alpha value is -3.58. The van der Waals surface area contributed by atoms with Crippen LogP contribution in [0.2, 0.25) is 5.02 Å². The van der Waals surface area contributed by atoms with Crippen LogP contribution in [0.4, 0.5) is 5.82 Å². The van der Waals surface area contributed by atoms with Crippen molar-refractivity contribution in [2.75, 3.05) is 26.0 Å². The van der Waals surface area contributed by atoms with Crippen LogP contribution in [-0.4, -0.2) is 42.4 Å². The molecule has 1 heterocycles. The van der Waals surface area contributed by atoms with Crippen molar-refractivity contribution in [3.05, 3.63) is 82.5 Å². The summed E-state index contributed by atoms with van der Waals surface area (Å²) in [5, 5.41) is 3.30. The third-order valence-corrected chi connectivity index (χ3v) is 5.03. The molecule has 0 fully saturated rings. The smallest absolute Gasteiger partial charge is 0.254 e. The van der Waals surface area contributed by atoms with Crippen LogP contribution in [0.1, 0.15) is 21.5 Å². The monoisotopic (exact) mass is 453 g/mol. The molecule has 1 aromatic heterocycles. The molecule has 0 unspecified atom stereocenters. The number of nitrogens with zero attached hydrogens (tertiary/aromatic N) is 2. The average molecular weight is 454 g/mol. The van der Waals surface area contributed by atoms with Gasteiger partial charge in [0.2, 0.25) is 5.91 Å². The number of hydrogen-bond acceptors (Lipinski definition) is 5. The fraction of sp³-hybridized carbons (Fsp3) is 0.208. The van der Waals surface area contributed by atoms with E-state index in [2.05, 4.69) is 10.3 Å². The molecule has 1 N–H and O–H groups in total. The number of aromatic nitrogens is 1. The van der Waals surface area contributed by atoms with E-state index in [9.17, 15) is 9.59 Å². The van der Waals surface area contributed by atoms with E-state index < -0.39 is 0 Å². The lowest BCUT2D eigenvalue weighted by Gasteiger charge is -2.18. The number of likely N-dealkylation sites (N-methyl/N-ethyl adjacent to an activating group) is 1. The molecule has 0 spiro atoms. The van der Waals surface area contributed by atoms with E-state index >= 15 is 0 Å². The number of nitrogens with one attached hydrogen (secondary N) is 1. The Labute approximate surface area is 191 Å². The van der Waals surface area contributed by atoms with Gasteiger partial charge < -0.3 is 19.7 Å². The molecule has 0 aliphatic rings. The number of methoxy groups -OCH3 is 1. The van der Waals surface area contributed by atoms with Crippen molar-refractivity contribution < 1.29 is 19.1 Å². The first kappa shape index (κ1) is 23.1. The number of anilines is 1. The Morgan fingerprint density at radius 1 is 1.09 bits per heavy atom. The lowest BCUT2D eigenvalue weighted by Crippen LogP contribution is -2.35. The molecule has 2 aromatic carbocycles. The summed E-state index contributed by atoms with van der Waals surface area (Å²) in [4.78, 5) is 30.5. The van der Waals surface area contributed by atoms with Crippen molar-refractivity contribution >= 4 is 29.2 Å². The van der Waals surface area contributed by atoms with E-state index in [1.54, 1.807) is 43.6 Å². The summed E-state index contributed by atoms with van der Waals surface area (Å²) >= 11 is 6.17. The minimum atomic E-state index is -0.342. The van der Waals surface area contributed by atoms with Crippen molar-refractivity contribution in [2.45, 2.75) is 13.5 Å². The molecule has 2 amide bonds. The third kappa shape index (κ3) is 5.98. The van der Waals surface area contributed by atoms with Gasteiger partial charge in [-0.3, -0.25) is 9.59 Å². The fourth-order valence-corrected chi connectivity index (χ4v) is 3.18. The minimum Gasteiger partial charge on any atom is -0.493 e. The van der Waals surface area contributed by atoms with E-state index in [4.69, 9.17) is 21.1 Å². The number of amides is 2. The Balaban J connectivity index is 1.64. The number of rotatable bonds is 8. The number of hydrogen-bond donors (Lipinski definition) is 1. The van der Waals surface area contributed by atoms with Crippen LogP contribution in [0.5, 0.6) is 11.5 Å². The number of carbonyl (C=O) groups excluding carboxylic acids is 2. The molecule has 32 heavy (non-hydrogen) atoms. The first-order valence-corrected chi connectivity index (χ1v) is 10.3. The zero-order chi connectivity index (χ0) is 23.1. The van der Waals surface area contributed by atoms with Crippen LogP contribution in [0.3, 0.4) is 0 Å². The number of benzene rings is 2. The lowest BCUT2D eigenvalue weighted by atomic mass is 10.1. The Morgan fingerprint density at radius 3 is 2.59 bits per heavy atom. The second-order valence-electron chi connectivity index (χ2n) is 7.17.